The molecule has 2 aromatic rings. The van der Waals surface area contributed by atoms with Gasteiger partial charge in [-0.1, -0.05) is 44.0 Å². The number of hydrogen-bond acceptors (Lipinski definition) is 1. The molecule has 2 rings (SSSR count). The molecule has 19 heavy (non-hydrogen) atoms. The molecule has 1 aromatic carbocycles. The van der Waals surface area contributed by atoms with Crippen LogP contribution in [0.5, 0.6) is 0 Å². The van der Waals surface area contributed by atoms with E-state index >= 15 is 0 Å². The number of fused-ring (bicyclic) bond motifs is 1. The normalized spacial score (nSPS) is 14.1. The standard InChI is InChI=1S/C14H17Cl3N2/c1-8(15)13-18-11-5-9(16)10(17)6-12(11)19(13)7-14(2,3)4/h5-6,8H,7H2,1-4H3. The minimum absolute atomic E-state index is 0.125. The second-order valence-electron chi connectivity index (χ2n) is 5.99. The topological polar surface area (TPSA) is 17.8 Å². The predicted octanol–water partition coefficient (Wildman–Crippen LogP) is 5.69. The van der Waals surface area contributed by atoms with E-state index in [1.54, 1.807) is 6.07 Å². The number of imidazole rings is 1. The van der Waals surface area contributed by atoms with E-state index in [2.05, 4.69) is 30.3 Å². The zero-order chi connectivity index (χ0) is 14.4. The minimum atomic E-state index is -0.160. The highest BCUT2D eigenvalue weighted by Gasteiger charge is 2.20. The zero-order valence-corrected chi connectivity index (χ0v) is 13.7. The molecule has 104 valence electrons. The smallest absolute Gasteiger partial charge is 0.127 e. The lowest BCUT2D eigenvalue weighted by molar-refractivity contribution is 0.343. The quantitative estimate of drug-likeness (QED) is 0.650. The van der Waals surface area contributed by atoms with Crippen molar-refractivity contribution in [3.63, 3.8) is 0 Å². The first-order valence-corrected chi connectivity index (χ1v) is 7.37. The van der Waals surface area contributed by atoms with Gasteiger partial charge in [-0.25, -0.2) is 4.98 Å². The van der Waals surface area contributed by atoms with Gasteiger partial charge in [-0.05, 0) is 24.5 Å². The van der Waals surface area contributed by atoms with Crippen molar-refractivity contribution in [2.45, 2.75) is 39.6 Å². The number of benzene rings is 1. The fraction of sp³-hybridized carbons (Fsp3) is 0.500. The van der Waals surface area contributed by atoms with Crippen molar-refractivity contribution in [3.8, 4) is 0 Å². The first-order chi connectivity index (χ1) is 8.69. The summed E-state index contributed by atoms with van der Waals surface area (Å²) >= 11 is 18.4. The molecule has 0 radical (unpaired) electrons. The fourth-order valence-electron chi connectivity index (χ4n) is 2.08. The molecule has 0 amide bonds. The van der Waals surface area contributed by atoms with E-state index in [4.69, 9.17) is 34.8 Å². The minimum Gasteiger partial charge on any atom is -0.326 e. The van der Waals surface area contributed by atoms with Crippen LogP contribution in [0.25, 0.3) is 11.0 Å². The Balaban J connectivity index is 2.69. The Morgan fingerprint density at radius 3 is 2.32 bits per heavy atom. The van der Waals surface area contributed by atoms with Crippen molar-refractivity contribution in [1.82, 2.24) is 9.55 Å². The monoisotopic (exact) mass is 318 g/mol. The first-order valence-electron chi connectivity index (χ1n) is 6.18. The van der Waals surface area contributed by atoms with Gasteiger partial charge >= 0.3 is 0 Å². The zero-order valence-electron chi connectivity index (χ0n) is 11.5. The molecule has 5 heteroatoms. The van der Waals surface area contributed by atoms with Crippen LogP contribution in [0.3, 0.4) is 0 Å². The summed E-state index contributed by atoms with van der Waals surface area (Å²) in [6.45, 7) is 9.29. The van der Waals surface area contributed by atoms with E-state index in [1.807, 2.05) is 13.0 Å². The molecule has 0 aliphatic heterocycles. The van der Waals surface area contributed by atoms with E-state index < -0.39 is 0 Å². The molecule has 0 aliphatic carbocycles. The summed E-state index contributed by atoms with van der Waals surface area (Å²) in [6.07, 6.45) is 0. The van der Waals surface area contributed by atoms with Crippen LogP contribution in [0.15, 0.2) is 12.1 Å². The van der Waals surface area contributed by atoms with Crippen molar-refractivity contribution in [2.24, 2.45) is 5.41 Å². The molecule has 0 spiro atoms. The summed E-state index contributed by atoms with van der Waals surface area (Å²) in [6, 6.07) is 3.65. The third kappa shape index (κ3) is 3.18. The molecule has 0 saturated carbocycles. The Morgan fingerprint density at radius 1 is 1.21 bits per heavy atom. The molecule has 0 bridgehead atoms. The summed E-state index contributed by atoms with van der Waals surface area (Å²) in [5, 5.41) is 0.897. The maximum absolute atomic E-state index is 6.24. The molecule has 0 aliphatic rings. The summed E-state index contributed by atoms with van der Waals surface area (Å²) in [4.78, 5) is 4.59. The number of aromatic nitrogens is 2. The van der Waals surface area contributed by atoms with Gasteiger partial charge in [0.15, 0.2) is 0 Å². The maximum Gasteiger partial charge on any atom is 0.127 e. The molecule has 1 heterocycles. The number of halogens is 3. The highest BCUT2D eigenvalue weighted by Crippen LogP contribution is 2.32. The van der Waals surface area contributed by atoms with Gasteiger partial charge < -0.3 is 4.57 Å². The second-order valence-corrected chi connectivity index (χ2v) is 7.46. The summed E-state index contributed by atoms with van der Waals surface area (Å²) in [5.74, 6) is 0.852. The van der Waals surface area contributed by atoms with E-state index in [1.165, 1.54) is 0 Å². The Bertz CT molecular complexity index is 609. The summed E-state index contributed by atoms with van der Waals surface area (Å²) in [5.41, 5.74) is 1.94. The third-order valence-electron chi connectivity index (χ3n) is 2.81. The van der Waals surface area contributed by atoms with E-state index in [-0.39, 0.29) is 10.8 Å². The van der Waals surface area contributed by atoms with Crippen molar-refractivity contribution >= 4 is 45.8 Å². The number of hydrogen-bond donors (Lipinski definition) is 0. The number of nitrogens with zero attached hydrogens (tertiary/aromatic N) is 2. The van der Waals surface area contributed by atoms with Crippen LogP contribution in [0.4, 0.5) is 0 Å². The van der Waals surface area contributed by atoms with Gasteiger partial charge in [-0.2, -0.15) is 0 Å². The molecule has 1 atom stereocenters. The lowest BCUT2D eigenvalue weighted by Crippen LogP contribution is -2.17. The number of rotatable bonds is 2. The Morgan fingerprint density at radius 2 is 1.79 bits per heavy atom. The first kappa shape index (κ1) is 15.0. The van der Waals surface area contributed by atoms with Crippen LogP contribution in [0.2, 0.25) is 10.0 Å². The fourth-order valence-corrected chi connectivity index (χ4v) is 2.57. The van der Waals surface area contributed by atoms with Gasteiger partial charge in [0.05, 0.1) is 26.5 Å². The summed E-state index contributed by atoms with van der Waals surface area (Å²) in [7, 11) is 0. The molecule has 2 nitrogen and oxygen atoms in total. The Kier molecular flexibility index (Phi) is 4.06. The lowest BCUT2D eigenvalue weighted by Gasteiger charge is -2.22. The molecule has 1 unspecified atom stereocenters. The van der Waals surface area contributed by atoms with Gasteiger partial charge in [-0.15, -0.1) is 11.6 Å². The van der Waals surface area contributed by atoms with Crippen LogP contribution < -0.4 is 0 Å². The largest absolute Gasteiger partial charge is 0.326 e. The molecular formula is C14H17Cl3N2. The molecule has 1 aromatic heterocycles. The van der Waals surface area contributed by atoms with E-state index in [0.717, 1.165) is 23.4 Å². The highest BCUT2D eigenvalue weighted by molar-refractivity contribution is 6.42. The average Bonchev–Trinajstić information content (AvgIpc) is 2.56. The van der Waals surface area contributed by atoms with Crippen molar-refractivity contribution in [2.75, 3.05) is 0 Å². The van der Waals surface area contributed by atoms with Gasteiger partial charge in [-0.3, -0.25) is 0 Å². The lowest BCUT2D eigenvalue weighted by atomic mass is 9.96. The molecule has 0 N–H and O–H groups in total. The van der Waals surface area contributed by atoms with Crippen LogP contribution in [0, 0.1) is 5.41 Å². The van der Waals surface area contributed by atoms with E-state index in [9.17, 15) is 0 Å². The Hall–Kier alpha value is -0.440. The van der Waals surface area contributed by atoms with Gasteiger partial charge in [0, 0.05) is 6.54 Å². The second kappa shape index (κ2) is 5.16. The van der Waals surface area contributed by atoms with Gasteiger partial charge in [0.1, 0.15) is 5.82 Å². The highest BCUT2D eigenvalue weighted by atomic mass is 35.5. The molecule has 0 saturated heterocycles. The Labute approximate surface area is 128 Å². The summed E-state index contributed by atoms with van der Waals surface area (Å²) < 4.78 is 2.13. The van der Waals surface area contributed by atoms with Crippen LogP contribution in [-0.2, 0) is 6.54 Å². The van der Waals surface area contributed by atoms with E-state index in [0.29, 0.717) is 10.0 Å². The third-order valence-corrected chi connectivity index (χ3v) is 3.73. The van der Waals surface area contributed by atoms with Crippen molar-refractivity contribution < 1.29 is 0 Å². The van der Waals surface area contributed by atoms with Crippen LogP contribution in [0.1, 0.15) is 38.9 Å². The number of alkyl halides is 1. The van der Waals surface area contributed by atoms with Crippen molar-refractivity contribution in [3.05, 3.63) is 28.0 Å². The van der Waals surface area contributed by atoms with Gasteiger partial charge in [0.2, 0.25) is 0 Å². The molecule has 0 fully saturated rings. The molecular weight excluding hydrogens is 303 g/mol. The van der Waals surface area contributed by atoms with Crippen LogP contribution in [-0.4, -0.2) is 9.55 Å². The average molecular weight is 320 g/mol. The predicted molar refractivity (Wildman–Crippen MR) is 83.5 cm³/mol. The van der Waals surface area contributed by atoms with Gasteiger partial charge in [0.25, 0.3) is 0 Å². The van der Waals surface area contributed by atoms with Crippen molar-refractivity contribution in [1.29, 1.82) is 0 Å². The van der Waals surface area contributed by atoms with Crippen LogP contribution >= 0.6 is 34.8 Å². The SMILES string of the molecule is CC(Cl)c1nc2cc(Cl)c(Cl)cc2n1CC(C)(C)C. The maximum atomic E-state index is 6.24.